The van der Waals surface area contributed by atoms with Gasteiger partial charge in [0.25, 0.3) is 0 Å². The zero-order chi connectivity index (χ0) is 10.1. The summed E-state index contributed by atoms with van der Waals surface area (Å²) >= 11 is 13.2. The summed E-state index contributed by atoms with van der Waals surface area (Å²) in [5, 5.41) is 7.20. The van der Waals surface area contributed by atoms with Crippen LogP contribution in [0.1, 0.15) is 20.8 Å². The van der Waals surface area contributed by atoms with E-state index >= 15 is 0 Å². The van der Waals surface area contributed by atoms with Crippen molar-refractivity contribution in [2.45, 2.75) is 11.8 Å². The molecular formula is C10H8BrClS2. The normalized spacial score (nSPS) is 13.1. The first kappa shape index (κ1) is 10.7. The van der Waals surface area contributed by atoms with Gasteiger partial charge in [0.05, 0.1) is 9.85 Å². The molecule has 0 radical (unpaired) electrons. The predicted octanol–water partition coefficient (Wildman–Crippen LogP) is 5.26. The quantitative estimate of drug-likeness (QED) is 0.664. The number of thiophene rings is 2. The fourth-order valence-corrected chi connectivity index (χ4v) is 4.66. The van der Waals surface area contributed by atoms with E-state index in [1.165, 1.54) is 16.0 Å². The van der Waals surface area contributed by atoms with Crippen LogP contribution in [0.5, 0.6) is 0 Å². The van der Waals surface area contributed by atoms with Crippen molar-refractivity contribution in [1.29, 1.82) is 0 Å². The van der Waals surface area contributed by atoms with Crippen molar-refractivity contribution in [2.24, 2.45) is 0 Å². The van der Waals surface area contributed by atoms with Crippen molar-refractivity contribution in [1.82, 2.24) is 0 Å². The molecule has 0 spiro atoms. The van der Waals surface area contributed by atoms with Crippen LogP contribution in [0.2, 0.25) is 5.02 Å². The molecule has 4 heteroatoms. The SMILES string of the molecule is Cc1cscc1C(Br)c1sccc1Cl. The Morgan fingerprint density at radius 1 is 1.43 bits per heavy atom. The average Bonchev–Trinajstić information content (AvgIpc) is 2.73. The Morgan fingerprint density at radius 3 is 2.71 bits per heavy atom. The predicted molar refractivity (Wildman–Crippen MR) is 69.2 cm³/mol. The molecule has 0 aromatic carbocycles. The Balaban J connectivity index is 2.38. The summed E-state index contributed by atoms with van der Waals surface area (Å²) in [6.45, 7) is 2.13. The first-order valence-corrected chi connectivity index (χ1v) is 7.21. The number of halogens is 2. The second-order valence-corrected chi connectivity index (χ2v) is 6.02. The van der Waals surface area contributed by atoms with Crippen molar-refractivity contribution >= 4 is 50.2 Å². The molecule has 2 heterocycles. The Morgan fingerprint density at radius 2 is 2.21 bits per heavy atom. The van der Waals surface area contributed by atoms with E-state index in [1.807, 2.05) is 11.4 Å². The minimum atomic E-state index is 0.237. The maximum atomic E-state index is 6.09. The van der Waals surface area contributed by atoms with E-state index < -0.39 is 0 Å². The lowest BCUT2D eigenvalue weighted by atomic mass is 10.1. The van der Waals surface area contributed by atoms with Crippen LogP contribution in [0.25, 0.3) is 0 Å². The smallest absolute Gasteiger partial charge is 0.0763 e. The summed E-state index contributed by atoms with van der Waals surface area (Å²) in [5.41, 5.74) is 2.64. The number of rotatable bonds is 2. The Hall–Kier alpha value is 0.170. The van der Waals surface area contributed by atoms with Crippen LogP contribution in [0.15, 0.2) is 22.2 Å². The summed E-state index contributed by atoms with van der Waals surface area (Å²) in [5.74, 6) is 0. The molecule has 0 aliphatic heterocycles. The van der Waals surface area contributed by atoms with Crippen molar-refractivity contribution in [3.63, 3.8) is 0 Å². The Labute approximate surface area is 105 Å². The largest absolute Gasteiger partial charge is 0.152 e. The molecule has 14 heavy (non-hydrogen) atoms. The average molecular weight is 308 g/mol. The van der Waals surface area contributed by atoms with Crippen LogP contribution in [-0.4, -0.2) is 0 Å². The van der Waals surface area contributed by atoms with E-state index in [2.05, 4.69) is 33.6 Å². The highest BCUT2D eigenvalue weighted by Gasteiger charge is 2.17. The van der Waals surface area contributed by atoms with Crippen molar-refractivity contribution in [3.8, 4) is 0 Å². The first-order chi connectivity index (χ1) is 6.70. The monoisotopic (exact) mass is 306 g/mol. The maximum Gasteiger partial charge on any atom is 0.0763 e. The number of aryl methyl sites for hydroxylation is 1. The molecule has 2 aromatic rings. The summed E-state index contributed by atoms with van der Waals surface area (Å²) in [4.78, 5) is 1.43. The van der Waals surface area contributed by atoms with Crippen LogP contribution >= 0.6 is 50.2 Å². The van der Waals surface area contributed by atoms with Gasteiger partial charge in [0, 0.05) is 4.88 Å². The van der Waals surface area contributed by atoms with Gasteiger partial charge in [0.15, 0.2) is 0 Å². The fourth-order valence-electron chi connectivity index (χ4n) is 1.26. The first-order valence-electron chi connectivity index (χ1n) is 4.10. The Kier molecular flexibility index (Phi) is 3.32. The van der Waals surface area contributed by atoms with Gasteiger partial charge in [-0.2, -0.15) is 11.3 Å². The third kappa shape index (κ3) is 1.91. The highest BCUT2D eigenvalue weighted by atomic mass is 79.9. The van der Waals surface area contributed by atoms with Gasteiger partial charge >= 0.3 is 0 Å². The highest BCUT2D eigenvalue weighted by molar-refractivity contribution is 9.09. The van der Waals surface area contributed by atoms with E-state index in [4.69, 9.17) is 11.6 Å². The van der Waals surface area contributed by atoms with Gasteiger partial charge in [-0.1, -0.05) is 27.5 Å². The van der Waals surface area contributed by atoms with E-state index in [0.29, 0.717) is 0 Å². The van der Waals surface area contributed by atoms with Gasteiger partial charge < -0.3 is 0 Å². The number of hydrogen-bond donors (Lipinski definition) is 0. The van der Waals surface area contributed by atoms with E-state index in [1.54, 1.807) is 22.7 Å². The van der Waals surface area contributed by atoms with Gasteiger partial charge in [-0.3, -0.25) is 0 Å². The lowest BCUT2D eigenvalue weighted by Gasteiger charge is -2.07. The number of hydrogen-bond acceptors (Lipinski definition) is 2. The van der Waals surface area contributed by atoms with Gasteiger partial charge in [0.1, 0.15) is 0 Å². The lowest BCUT2D eigenvalue weighted by molar-refractivity contribution is 1.21. The molecule has 0 saturated carbocycles. The van der Waals surface area contributed by atoms with Crippen molar-refractivity contribution < 1.29 is 0 Å². The summed E-state index contributed by atoms with van der Waals surface area (Å²) in [6, 6.07) is 1.94. The second kappa shape index (κ2) is 4.35. The molecule has 2 rings (SSSR count). The zero-order valence-corrected chi connectivity index (χ0v) is 11.4. The van der Waals surface area contributed by atoms with Crippen LogP contribution in [0.4, 0.5) is 0 Å². The van der Waals surface area contributed by atoms with E-state index in [0.717, 1.165) is 5.02 Å². The highest BCUT2D eigenvalue weighted by Crippen LogP contribution is 2.40. The van der Waals surface area contributed by atoms with Crippen molar-refractivity contribution in [2.75, 3.05) is 0 Å². The minimum absolute atomic E-state index is 0.237. The molecule has 0 aliphatic carbocycles. The van der Waals surface area contributed by atoms with E-state index in [9.17, 15) is 0 Å². The molecule has 0 fully saturated rings. The standard InChI is InChI=1S/C10H8BrClS2/c1-6-4-13-5-7(6)9(11)10-8(12)2-3-14-10/h2-5,9H,1H3. The maximum absolute atomic E-state index is 6.09. The summed E-state index contributed by atoms with van der Waals surface area (Å²) in [7, 11) is 0. The summed E-state index contributed by atoms with van der Waals surface area (Å²) in [6.07, 6.45) is 0. The van der Waals surface area contributed by atoms with Crippen LogP contribution in [0, 0.1) is 6.92 Å². The van der Waals surface area contributed by atoms with Gasteiger partial charge in [-0.05, 0) is 40.3 Å². The molecule has 0 N–H and O–H groups in total. The van der Waals surface area contributed by atoms with Crippen LogP contribution in [0.3, 0.4) is 0 Å². The molecule has 0 amide bonds. The second-order valence-electron chi connectivity index (χ2n) is 3.01. The van der Waals surface area contributed by atoms with Crippen LogP contribution < -0.4 is 0 Å². The summed E-state index contributed by atoms with van der Waals surface area (Å²) < 4.78 is 0. The zero-order valence-electron chi connectivity index (χ0n) is 7.46. The molecule has 2 aromatic heterocycles. The minimum Gasteiger partial charge on any atom is -0.152 e. The van der Waals surface area contributed by atoms with Gasteiger partial charge in [0.2, 0.25) is 0 Å². The van der Waals surface area contributed by atoms with Crippen LogP contribution in [-0.2, 0) is 0 Å². The molecule has 0 saturated heterocycles. The number of alkyl halides is 1. The molecule has 74 valence electrons. The third-order valence-electron chi connectivity index (χ3n) is 2.04. The molecule has 1 unspecified atom stereocenters. The lowest BCUT2D eigenvalue weighted by Crippen LogP contribution is -1.89. The van der Waals surface area contributed by atoms with Crippen molar-refractivity contribution in [3.05, 3.63) is 43.2 Å². The Bertz CT molecular complexity index is 393. The molecule has 0 aliphatic rings. The topological polar surface area (TPSA) is 0 Å². The third-order valence-corrected chi connectivity index (χ3v) is 5.60. The molecular weight excluding hydrogens is 300 g/mol. The molecule has 0 bridgehead atoms. The molecule has 1 atom stereocenters. The van der Waals surface area contributed by atoms with Gasteiger partial charge in [-0.15, -0.1) is 11.3 Å². The van der Waals surface area contributed by atoms with Gasteiger partial charge in [-0.25, -0.2) is 0 Å². The fraction of sp³-hybridized carbons (Fsp3) is 0.200. The molecule has 0 nitrogen and oxygen atoms in total. The van der Waals surface area contributed by atoms with E-state index in [-0.39, 0.29) is 4.83 Å².